The highest BCUT2D eigenvalue weighted by molar-refractivity contribution is 5.90. The van der Waals surface area contributed by atoms with Crippen LogP contribution >= 0.6 is 0 Å². The van der Waals surface area contributed by atoms with E-state index < -0.39 is 5.97 Å². The van der Waals surface area contributed by atoms with Gasteiger partial charge in [-0.25, -0.2) is 9.78 Å². The second-order valence-corrected chi connectivity index (χ2v) is 4.29. The first-order chi connectivity index (χ1) is 7.68. The van der Waals surface area contributed by atoms with Gasteiger partial charge in [-0.15, -0.1) is 0 Å². The van der Waals surface area contributed by atoms with E-state index in [-0.39, 0.29) is 11.4 Å². The number of nitrogens with zero attached hydrogens (tertiary/aromatic N) is 1. The third-order valence-corrected chi connectivity index (χ3v) is 3.23. The largest absolute Gasteiger partial charge is 0.477 e. The molecule has 1 aliphatic rings. The van der Waals surface area contributed by atoms with Crippen molar-refractivity contribution in [2.24, 2.45) is 11.8 Å². The summed E-state index contributed by atoms with van der Waals surface area (Å²) in [4.78, 5) is 14.8. The third kappa shape index (κ3) is 2.15. The lowest BCUT2D eigenvalue weighted by atomic mass is 9.75. The molecule has 1 aliphatic carbocycles. The number of carboxylic acids is 1. The zero-order valence-electron chi connectivity index (χ0n) is 9.22. The van der Waals surface area contributed by atoms with Gasteiger partial charge in [0, 0.05) is 6.20 Å². The van der Waals surface area contributed by atoms with Crippen molar-refractivity contribution in [3.05, 3.63) is 23.9 Å². The summed E-state index contributed by atoms with van der Waals surface area (Å²) in [7, 11) is 0. The van der Waals surface area contributed by atoms with Crippen molar-refractivity contribution >= 4 is 5.97 Å². The molecule has 1 aromatic heterocycles. The fourth-order valence-electron chi connectivity index (χ4n) is 1.84. The molecule has 86 valence electrons. The molecule has 1 fully saturated rings. The Bertz CT molecular complexity index is 392. The Morgan fingerprint density at radius 1 is 1.62 bits per heavy atom. The third-order valence-electron chi connectivity index (χ3n) is 3.23. The van der Waals surface area contributed by atoms with Crippen LogP contribution in [0.2, 0.25) is 0 Å². The number of rotatable bonds is 4. The summed E-state index contributed by atoms with van der Waals surface area (Å²) in [5.74, 6) is 0.458. The van der Waals surface area contributed by atoms with Crippen LogP contribution in [0.1, 0.15) is 30.1 Å². The molecule has 0 radical (unpaired) electrons. The standard InChI is InChI=1S/C12H15NO3/c1-8-4-5-9(8)7-16-11-10(12(14)15)3-2-6-13-11/h2-3,6,8-9H,4-5,7H2,1H3,(H,14,15)/t8-,9+/m1/s1. The van der Waals surface area contributed by atoms with E-state index in [2.05, 4.69) is 11.9 Å². The quantitative estimate of drug-likeness (QED) is 0.846. The number of pyridine rings is 1. The van der Waals surface area contributed by atoms with Crippen molar-refractivity contribution < 1.29 is 14.6 Å². The van der Waals surface area contributed by atoms with Gasteiger partial charge in [-0.3, -0.25) is 0 Å². The van der Waals surface area contributed by atoms with Gasteiger partial charge >= 0.3 is 5.97 Å². The maximum Gasteiger partial charge on any atom is 0.341 e. The summed E-state index contributed by atoms with van der Waals surface area (Å²) in [6.07, 6.45) is 3.95. The zero-order valence-corrected chi connectivity index (χ0v) is 9.22. The minimum Gasteiger partial charge on any atom is -0.477 e. The van der Waals surface area contributed by atoms with E-state index in [9.17, 15) is 4.79 Å². The number of carbonyl (C=O) groups is 1. The first-order valence-electron chi connectivity index (χ1n) is 5.49. The van der Waals surface area contributed by atoms with E-state index >= 15 is 0 Å². The Balaban J connectivity index is 2.00. The van der Waals surface area contributed by atoms with E-state index in [0.29, 0.717) is 18.4 Å². The molecule has 0 amide bonds. The smallest absolute Gasteiger partial charge is 0.341 e. The van der Waals surface area contributed by atoms with Crippen LogP contribution < -0.4 is 4.74 Å². The minimum absolute atomic E-state index is 0.134. The van der Waals surface area contributed by atoms with Crippen LogP contribution in [0.3, 0.4) is 0 Å². The first kappa shape index (κ1) is 10.9. The highest BCUT2D eigenvalue weighted by Crippen LogP contribution is 2.33. The van der Waals surface area contributed by atoms with Crippen LogP contribution in [-0.2, 0) is 0 Å². The van der Waals surface area contributed by atoms with E-state index in [1.807, 2.05) is 0 Å². The van der Waals surface area contributed by atoms with Crippen molar-refractivity contribution in [1.82, 2.24) is 4.98 Å². The summed E-state index contributed by atoms with van der Waals surface area (Å²) in [6, 6.07) is 3.11. The predicted octanol–water partition coefficient (Wildman–Crippen LogP) is 2.20. The molecular formula is C12H15NO3. The summed E-state index contributed by atoms with van der Waals surface area (Å²) in [6.45, 7) is 2.76. The SMILES string of the molecule is C[C@@H]1CC[C@H]1COc1ncccc1C(=O)O. The van der Waals surface area contributed by atoms with Crippen LogP contribution in [-0.4, -0.2) is 22.7 Å². The molecule has 0 saturated heterocycles. The molecule has 1 aromatic rings. The number of aromatic carboxylic acids is 1. The van der Waals surface area contributed by atoms with Gasteiger partial charge < -0.3 is 9.84 Å². The van der Waals surface area contributed by atoms with Crippen molar-refractivity contribution in [2.45, 2.75) is 19.8 Å². The summed E-state index contributed by atoms with van der Waals surface area (Å²) >= 11 is 0. The molecule has 0 aliphatic heterocycles. The van der Waals surface area contributed by atoms with Gasteiger partial charge in [0.25, 0.3) is 0 Å². The Hall–Kier alpha value is -1.58. The van der Waals surface area contributed by atoms with E-state index in [0.717, 1.165) is 6.42 Å². The average Bonchev–Trinajstić information content (AvgIpc) is 2.27. The lowest BCUT2D eigenvalue weighted by Crippen LogP contribution is -2.29. The van der Waals surface area contributed by atoms with Crippen LogP contribution in [0.4, 0.5) is 0 Å². The molecule has 1 heterocycles. The second kappa shape index (κ2) is 4.51. The molecule has 2 atom stereocenters. The number of ether oxygens (including phenoxy) is 1. The van der Waals surface area contributed by atoms with Crippen LogP contribution in [0.15, 0.2) is 18.3 Å². The maximum atomic E-state index is 10.9. The highest BCUT2D eigenvalue weighted by atomic mass is 16.5. The zero-order chi connectivity index (χ0) is 11.5. The summed E-state index contributed by atoms with van der Waals surface area (Å²) in [5.41, 5.74) is 0.134. The topological polar surface area (TPSA) is 59.4 Å². The molecule has 0 aromatic carbocycles. The number of carboxylic acid groups (broad SMARTS) is 1. The normalized spacial score (nSPS) is 23.6. The Kier molecular flexibility index (Phi) is 3.08. The maximum absolute atomic E-state index is 10.9. The molecule has 0 unspecified atom stereocenters. The molecule has 4 nitrogen and oxygen atoms in total. The van der Waals surface area contributed by atoms with Crippen molar-refractivity contribution in [3.8, 4) is 5.88 Å². The van der Waals surface area contributed by atoms with Gasteiger partial charge in [0.1, 0.15) is 5.56 Å². The molecule has 0 spiro atoms. The van der Waals surface area contributed by atoms with Crippen molar-refractivity contribution in [2.75, 3.05) is 6.61 Å². The van der Waals surface area contributed by atoms with Gasteiger partial charge in [0.2, 0.25) is 5.88 Å². The molecular weight excluding hydrogens is 206 g/mol. The lowest BCUT2D eigenvalue weighted by Gasteiger charge is -2.33. The first-order valence-corrected chi connectivity index (χ1v) is 5.49. The molecule has 4 heteroatoms. The van der Waals surface area contributed by atoms with Crippen LogP contribution in [0.25, 0.3) is 0 Å². The van der Waals surface area contributed by atoms with Gasteiger partial charge in [0.05, 0.1) is 6.61 Å². The van der Waals surface area contributed by atoms with Gasteiger partial charge in [-0.05, 0) is 36.8 Å². The Morgan fingerprint density at radius 2 is 2.44 bits per heavy atom. The predicted molar refractivity (Wildman–Crippen MR) is 58.6 cm³/mol. The molecule has 2 rings (SSSR count). The Morgan fingerprint density at radius 3 is 3.00 bits per heavy atom. The van der Waals surface area contributed by atoms with Crippen molar-refractivity contribution in [1.29, 1.82) is 0 Å². The van der Waals surface area contributed by atoms with Gasteiger partial charge in [-0.1, -0.05) is 6.92 Å². The summed E-state index contributed by atoms with van der Waals surface area (Å²) < 4.78 is 5.48. The van der Waals surface area contributed by atoms with E-state index in [1.54, 1.807) is 12.3 Å². The molecule has 16 heavy (non-hydrogen) atoms. The molecule has 1 saturated carbocycles. The number of aromatic nitrogens is 1. The second-order valence-electron chi connectivity index (χ2n) is 4.29. The number of hydrogen-bond donors (Lipinski definition) is 1. The van der Waals surface area contributed by atoms with E-state index in [4.69, 9.17) is 9.84 Å². The lowest BCUT2D eigenvalue weighted by molar-refractivity contribution is 0.0683. The van der Waals surface area contributed by atoms with Crippen molar-refractivity contribution in [3.63, 3.8) is 0 Å². The highest BCUT2D eigenvalue weighted by Gasteiger charge is 2.27. The van der Waals surface area contributed by atoms with Crippen LogP contribution in [0, 0.1) is 11.8 Å². The summed E-state index contributed by atoms with van der Waals surface area (Å²) in [5, 5.41) is 8.93. The van der Waals surface area contributed by atoms with Gasteiger partial charge in [0.15, 0.2) is 0 Å². The fourth-order valence-corrected chi connectivity index (χ4v) is 1.84. The van der Waals surface area contributed by atoms with Crippen LogP contribution in [0.5, 0.6) is 5.88 Å². The molecule has 1 N–H and O–H groups in total. The fraction of sp³-hybridized carbons (Fsp3) is 0.500. The minimum atomic E-state index is -0.996. The number of hydrogen-bond acceptors (Lipinski definition) is 3. The average molecular weight is 221 g/mol. The monoisotopic (exact) mass is 221 g/mol. The Labute approximate surface area is 94.3 Å². The van der Waals surface area contributed by atoms with Gasteiger partial charge in [-0.2, -0.15) is 0 Å². The molecule has 0 bridgehead atoms. The van der Waals surface area contributed by atoms with E-state index in [1.165, 1.54) is 12.5 Å².